The van der Waals surface area contributed by atoms with Crippen molar-refractivity contribution in [3.63, 3.8) is 0 Å². The van der Waals surface area contributed by atoms with Crippen molar-refractivity contribution in [3.05, 3.63) is 51.5 Å². The second kappa shape index (κ2) is 7.88. The minimum atomic E-state index is -0.263. The molecule has 0 unspecified atom stereocenters. The Morgan fingerprint density at radius 1 is 1.27 bits per heavy atom. The molecule has 26 heavy (non-hydrogen) atoms. The quantitative estimate of drug-likeness (QED) is 0.679. The van der Waals surface area contributed by atoms with Crippen LogP contribution in [0, 0.1) is 6.92 Å². The van der Waals surface area contributed by atoms with E-state index in [9.17, 15) is 9.59 Å². The van der Waals surface area contributed by atoms with Crippen LogP contribution in [0.5, 0.6) is 0 Å². The number of aryl methyl sites for hydroxylation is 1. The number of likely N-dealkylation sites (N-methyl/N-ethyl adjacent to an activating group) is 1. The first-order valence-electron chi connectivity index (χ1n) is 8.24. The Labute approximate surface area is 160 Å². The fraction of sp³-hybridized carbons (Fsp3) is 0.278. The van der Waals surface area contributed by atoms with E-state index in [2.05, 4.69) is 15.7 Å². The van der Waals surface area contributed by atoms with Crippen molar-refractivity contribution in [1.82, 2.24) is 20.4 Å². The van der Waals surface area contributed by atoms with Crippen molar-refractivity contribution in [3.8, 4) is 0 Å². The Bertz CT molecular complexity index is 963. The van der Waals surface area contributed by atoms with Gasteiger partial charge in [-0.3, -0.25) is 14.3 Å². The fourth-order valence-electron chi connectivity index (χ4n) is 2.63. The Hall–Kier alpha value is -2.38. The van der Waals surface area contributed by atoms with Crippen LogP contribution in [0.4, 0.5) is 0 Å². The molecule has 0 fully saturated rings. The lowest BCUT2D eigenvalue weighted by atomic mass is 10.2. The van der Waals surface area contributed by atoms with Gasteiger partial charge < -0.3 is 10.6 Å². The molecule has 0 aliphatic rings. The van der Waals surface area contributed by atoms with Gasteiger partial charge >= 0.3 is 0 Å². The van der Waals surface area contributed by atoms with E-state index in [4.69, 9.17) is 11.6 Å². The Balaban J connectivity index is 1.82. The van der Waals surface area contributed by atoms with Crippen molar-refractivity contribution < 1.29 is 9.59 Å². The summed E-state index contributed by atoms with van der Waals surface area (Å²) in [7, 11) is 0. The van der Waals surface area contributed by atoms with E-state index >= 15 is 0 Å². The zero-order valence-corrected chi connectivity index (χ0v) is 16.1. The Kier molecular flexibility index (Phi) is 5.58. The number of hydrogen-bond donors (Lipinski definition) is 2. The average Bonchev–Trinajstić information content (AvgIpc) is 3.17. The molecule has 3 aromatic rings. The highest BCUT2D eigenvalue weighted by atomic mass is 35.5. The van der Waals surface area contributed by atoms with Gasteiger partial charge in [0.2, 0.25) is 5.91 Å². The molecule has 3 rings (SSSR count). The molecule has 0 aliphatic heterocycles. The number of carbonyl (C=O) groups is 2. The van der Waals surface area contributed by atoms with Gasteiger partial charge in [-0.15, -0.1) is 11.3 Å². The molecule has 0 saturated heterocycles. The summed E-state index contributed by atoms with van der Waals surface area (Å²) in [5, 5.41) is 11.5. The number of rotatable bonds is 6. The van der Waals surface area contributed by atoms with Crippen molar-refractivity contribution in [2.45, 2.75) is 20.4 Å². The van der Waals surface area contributed by atoms with E-state index in [1.807, 2.05) is 48.9 Å². The largest absolute Gasteiger partial charge is 0.355 e. The van der Waals surface area contributed by atoms with Crippen LogP contribution in [-0.2, 0) is 11.3 Å². The minimum Gasteiger partial charge on any atom is -0.355 e. The van der Waals surface area contributed by atoms with E-state index in [-0.39, 0.29) is 18.4 Å². The lowest BCUT2D eigenvalue weighted by Gasteiger charge is -2.05. The number of thiophene rings is 1. The van der Waals surface area contributed by atoms with Gasteiger partial charge in [0, 0.05) is 17.0 Å². The molecule has 8 heteroatoms. The number of halogens is 1. The maximum Gasteiger partial charge on any atom is 0.261 e. The number of carbonyl (C=O) groups excluding carboxylic acids is 2. The molecule has 136 valence electrons. The van der Waals surface area contributed by atoms with Gasteiger partial charge in [-0.2, -0.15) is 5.10 Å². The van der Waals surface area contributed by atoms with Crippen molar-refractivity contribution >= 4 is 45.0 Å². The van der Waals surface area contributed by atoms with Gasteiger partial charge in [-0.25, -0.2) is 0 Å². The van der Waals surface area contributed by atoms with Crippen molar-refractivity contribution in [1.29, 1.82) is 0 Å². The van der Waals surface area contributed by atoms with Crippen LogP contribution in [0.1, 0.15) is 27.9 Å². The number of hydrogen-bond acceptors (Lipinski definition) is 4. The third kappa shape index (κ3) is 3.89. The number of nitrogens with zero attached hydrogens (tertiary/aromatic N) is 2. The van der Waals surface area contributed by atoms with E-state index in [0.717, 1.165) is 21.5 Å². The zero-order chi connectivity index (χ0) is 18.7. The molecule has 2 amide bonds. The number of fused-ring (bicyclic) bond motifs is 1. The first-order chi connectivity index (χ1) is 12.5. The summed E-state index contributed by atoms with van der Waals surface area (Å²) in [5.41, 5.74) is 1.82. The van der Waals surface area contributed by atoms with Crippen molar-refractivity contribution in [2.24, 2.45) is 0 Å². The molecular weight excluding hydrogens is 372 g/mol. The van der Waals surface area contributed by atoms with Crippen LogP contribution in [0.25, 0.3) is 10.2 Å². The standard InChI is InChI=1S/C18H19ClN4O2S/c1-3-20-16(24)9-21-17(25)15-8-13-11(2)22-23(18(13)26-15)10-12-6-4-5-7-14(12)19/h4-8H,3,9-10H2,1-2H3,(H,20,24)(H,21,25). The maximum atomic E-state index is 12.3. The number of benzene rings is 1. The molecule has 2 heterocycles. The average molecular weight is 391 g/mol. The molecule has 0 spiro atoms. The van der Waals surface area contributed by atoms with Crippen LogP contribution < -0.4 is 10.6 Å². The van der Waals surface area contributed by atoms with Crippen LogP contribution in [0.15, 0.2) is 30.3 Å². The molecule has 2 N–H and O–H groups in total. The molecule has 0 saturated carbocycles. The molecular formula is C18H19ClN4O2S. The Morgan fingerprint density at radius 2 is 2.04 bits per heavy atom. The normalized spacial score (nSPS) is 10.9. The van der Waals surface area contributed by atoms with E-state index in [1.54, 1.807) is 0 Å². The third-order valence-corrected chi connectivity index (χ3v) is 5.41. The zero-order valence-electron chi connectivity index (χ0n) is 14.5. The second-order valence-electron chi connectivity index (χ2n) is 5.80. The van der Waals surface area contributed by atoms with E-state index < -0.39 is 0 Å². The summed E-state index contributed by atoms with van der Waals surface area (Å²) in [5.74, 6) is -0.468. The maximum absolute atomic E-state index is 12.3. The topological polar surface area (TPSA) is 76.0 Å². The van der Waals surface area contributed by atoms with Crippen LogP contribution >= 0.6 is 22.9 Å². The first kappa shape index (κ1) is 18.4. The molecule has 0 aliphatic carbocycles. The summed E-state index contributed by atoms with van der Waals surface area (Å²) in [6.07, 6.45) is 0. The molecule has 1 aromatic carbocycles. The van der Waals surface area contributed by atoms with Crippen LogP contribution in [0.2, 0.25) is 5.02 Å². The summed E-state index contributed by atoms with van der Waals surface area (Å²) < 4.78 is 1.86. The minimum absolute atomic E-state index is 0.0361. The Morgan fingerprint density at radius 3 is 2.77 bits per heavy atom. The lowest BCUT2D eigenvalue weighted by Crippen LogP contribution is -2.36. The van der Waals surface area contributed by atoms with Gasteiger partial charge in [-0.05, 0) is 31.5 Å². The fourth-order valence-corrected chi connectivity index (χ4v) is 3.90. The highest BCUT2D eigenvalue weighted by Crippen LogP contribution is 2.29. The van der Waals surface area contributed by atoms with Crippen LogP contribution in [0.3, 0.4) is 0 Å². The predicted molar refractivity (Wildman–Crippen MR) is 104 cm³/mol. The van der Waals surface area contributed by atoms with Crippen molar-refractivity contribution in [2.75, 3.05) is 13.1 Å². The molecule has 0 radical (unpaired) electrons. The van der Waals surface area contributed by atoms with E-state index in [1.165, 1.54) is 11.3 Å². The monoisotopic (exact) mass is 390 g/mol. The highest BCUT2D eigenvalue weighted by molar-refractivity contribution is 7.20. The molecule has 0 bridgehead atoms. The molecule has 6 nitrogen and oxygen atoms in total. The van der Waals surface area contributed by atoms with Crippen LogP contribution in [-0.4, -0.2) is 34.7 Å². The SMILES string of the molecule is CCNC(=O)CNC(=O)c1cc2c(C)nn(Cc3ccccc3Cl)c2s1. The number of amides is 2. The van der Waals surface area contributed by atoms with E-state index in [0.29, 0.717) is 23.0 Å². The summed E-state index contributed by atoms with van der Waals surface area (Å²) in [4.78, 5) is 25.3. The number of aromatic nitrogens is 2. The number of nitrogens with one attached hydrogen (secondary N) is 2. The summed E-state index contributed by atoms with van der Waals surface area (Å²) in [6, 6.07) is 9.44. The summed E-state index contributed by atoms with van der Waals surface area (Å²) in [6.45, 7) is 4.78. The second-order valence-corrected chi connectivity index (χ2v) is 7.24. The van der Waals surface area contributed by atoms with Gasteiger partial charge in [0.25, 0.3) is 5.91 Å². The summed E-state index contributed by atoms with van der Waals surface area (Å²) >= 11 is 7.60. The first-order valence-corrected chi connectivity index (χ1v) is 9.44. The molecule has 0 atom stereocenters. The smallest absolute Gasteiger partial charge is 0.261 e. The van der Waals surface area contributed by atoms with Gasteiger partial charge in [-0.1, -0.05) is 29.8 Å². The third-order valence-electron chi connectivity index (χ3n) is 3.89. The molecule has 2 aromatic heterocycles. The predicted octanol–water partition coefficient (Wildman–Crippen LogP) is 2.97. The van der Waals surface area contributed by atoms with Gasteiger partial charge in [0.05, 0.1) is 23.7 Å². The highest BCUT2D eigenvalue weighted by Gasteiger charge is 2.17. The van der Waals surface area contributed by atoms with Gasteiger partial charge in [0.15, 0.2) is 0 Å². The lowest BCUT2D eigenvalue weighted by molar-refractivity contribution is -0.120. The van der Waals surface area contributed by atoms with Gasteiger partial charge in [0.1, 0.15) is 4.83 Å².